The third-order valence-electron chi connectivity index (χ3n) is 4.41. The van der Waals surface area contributed by atoms with Crippen LogP contribution in [0.4, 0.5) is 0 Å². The molecule has 1 fully saturated rings. The fourth-order valence-corrected chi connectivity index (χ4v) is 3.00. The molecule has 1 aliphatic rings. The molecule has 0 amide bonds. The van der Waals surface area contributed by atoms with Gasteiger partial charge in [0, 0.05) is 0 Å². The van der Waals surface area contributed by atoms with Crippen molar-refractivity contribution in [3.8, 4) is 0 Å². The lowest BCUT2D eigenvalue weighted by molar-refractivity contribution is 0.0484. The number of allylic oxidation sites excluding steroid dienone is 1. The summed E-state index contributed by atoms with van der Waals surface area (Å²) < 4.78 is 0. The average molecular weight is 238 g/mol. The summed E-state index contributed by atoms with van der Waals surface area (Å²) in [5.41, 5.74) is 1.63. The third-order valence-corrected chi connectivity index (χ3v) is 4.41. The smallest absolute Gasteiger partial charge is 0.0571 e. The standard InChI is InChI=1S/C16H30O/c1-12(2)6-11-15(17)13-7-9-14(10-8-13)16(3,4)5/h13-15,17H,1,6-11H2,2-5H3. The largest absolute Gasteiger partial charge is 0.393 e. The van der Waals surface area contributed by atoms with Crippen LogP contribution in [0.3, 0.4) is 0 Å². The number of rotatable bonds is 4. The van der Waals surface area contributed by atoms with Crippen molar-refractivity contribution >= 4 is 0 Å². The van der Waals surface area contributed by atoms with Crippen molar-refractivity contribution in [3.63, 3.8) is 0 Å². The molecule has 0 aliphatic heterocycles. The van der Waals surface area contributed by atoms with E-state index in [0.29, 0.717) is 11.3 Å². The normalized spacial score (nSPS) is 27.8. The first-order valence-electron chi connectivity index (χ1n) is 7.13. The van der Waals surface area contributed by atoms with Gasteiger partial charge in [-0.2, -0.15) is 0 Å². The lowest BCUT2D eigenvalue weighted by Crippen LogP contribution is -2.30. The van der Waals surface area contributed by atoms with Gasteiger partial charge in [-0.05, 0) is 62.7 Å². The van der Waals surface area contributed by atoms with E-state index < -0.39 is 0 Å². The highest BCUT2D eigenvalue weighted by atomic mass is 16.3. The van der Waals surface area contributed by atoms with Crippen molar-refractivity contribution in [1.82, 2.24) is 0 Å². The van der Waals surface area contributed by atoms with E-state index in [2.05, 4.69) is 27.4 Å². The molecule has 1 unspecified atom stereocenters. The van der Waals surface area contributed by atoms with Crippen LogP contribution in [0.15, 0.2) is 12.2 Å². The molecule has 1 nitrogen and oxygen atoms in total. The highest BCUT2D eigenvalue weighted by molar-refractivity contribution is 4.90. The van der Waals surface area contributed by atoms with Gasteiger partial charge in [0.05, 0.1) is 6.10 Å². The van der Waals surface area contributed by atoms with Gasteiger partial charge in [-0.25, -0.2) is 0 Å². The average Bonchev–Trinajstić information content (AvgIpc) is 2.25. The van der Waals surface area contributed by atoms with Crippen molar-refractivity contribution in [1.29, 1.82) is 0 Å². The van der Waals surface area contributed by atoms with Gasteiger partial charge in [-0.3, -0.25) is 0 Å². The molecule has 17 heavy (non-hydrogen) atoms. The van der Waals surface area contributed by atoms with Gasteiger partial charge in [0.25, 0.3) is 0 Å². The van der Waals surface area contributed by atoms with Crippen LogP contribution in [0.2, 0.25) is 0 Å². The number of hydrogen-bond donors (Lipinski definition) is 1. The molecule has 0 bridgehead atoms. The molecule has 1 atom stereocenters. The maximum Gasteiger partial charge on any atom is 0.0571 e. The molecule has 0 spiro atoms. The van der Waals surface area contributed by atoms with Crippen molar-refractivity contribution in [3.05, 3.63) is 12.2 Å². The van der Waals surface area contributed by atoms with Gasteiger partial charge < -0.3 is 5.11 Å². The van der Waals surface area contributed by atoms with Crippen molar-refractivity contribution in [2.45, 2.75) is 72.3 Å². The number of hydrogen-bond acceptors (Lipinski definition) is 1. The molecule has 0 saturated heterocycles. The first kappa shape index (κ1) is 14.8. The minimum atomic E-state index is -0.104. The summed E-state index contributed by atoms with van der Waals surface area (Å²) in [6.07, 6.45) is 6.77. The van der Waals surface area contributed by atoms with E-state index in [1.807, 2.05) is 6.92 Å². The van der Waals surface area contributed by atoms with E-state index in [4.69, 9.17) is 0 Å². The second kappa shape index (κ2) is 6.04. The molecule has 1 heteroatoms. The topological polar surface area (TPSA) is 20.2 Å². The second-order valence-corrected chi connectivity index (χ2v) is 7.04. The lowest BCUT2D eigenvalue weighted by atomic mass is 9.68. The van der Waals surface area contributed by atoms with Crippen LogP contribution < -0.4 is 0 Å². The maximum atomic E-state index is 10.2. The molecule has 0 aromatic rings. The van der Waals surface area contributed by atoms with E-state index in [-0.39, 0.29) is 6.10 Å². The summed E-state index contributed by atoms with van der Waals surface area (Å²) in [7, 11) is 0. The Balaban J connectivity index is 2.33. The zero-order valence-electron chi connectivity index (χ0n) is 12.1. The fraction of sp³-hybridized carbons (Fsp3) is 0.875. The van der Waals surface area contributed by atoms with Crippen molar-refractivity contribution in [2.75, 3.05) is 0 Å². The van der Waals surface area contributed by atoms with Crippen LogP contribution in [0.5, 0.6) is 0 Å². The highest BCUT2D eigenvalue weighted by Crippen LogP contribution is 2.41. The second-order valence-electron chi connectivity index (χ2n) is 7.04. The molecule has 1 saturated carbocycles. The Morgan fingerprint density at radius 3 is 2.18 bits per heavy atom. The van der Waals surface area contributed by atoms with E-state index in [1.54, 1.807) is 0 Å². The van der Waals surface area contributed by atoms with Crippen LogP contribution in [0, 0.1) is 17.3 Å². The lowest BCUT2D eigenvalue weighted by Gasteiger charge is -2.38. The Hall–Kier alpha value is -0.300. The summed E-state index contributed by atoms with van der Waals surface area (Å²) in [4.78, 5) is 0. The number of aliphatic hydroxyl groups excluding tert-OH is 1. The predicted octanol–water partition coefficient (Wildman–Crippen LogP) is 4.56. The van der Waals surface area contributed by atoms with Crippen LogP contribution in [-0.4, -0.2) is 11.2 Å². The van der Waals surface area contributed by atoms with Crippen LogP contribution >= 0.6 is 0 Å². The van der Waals surface area contributed by atoms with E-state index in [0.717, 1.165) is 18.8 Å². The summed E-state index contributed by atoms with van der Waals surface area (Å²) in [6, 6.07) is 0. The first-order chi connectivity index (χ1) is 7.80. The summed E-state index contributed by atoms with van der Waals surface area (Å²) in [6.45, 7) is 13.0. The van der Waals surface area contributed by atoms with Crippen LogP contribution in [-0.2, 0) is 0 Å². The summed E-state index contributed by atoms with van der Waals surface area (Å²) in [5.74, 6) is 1.38. The minimum Gasteiger partial charge on any atom is -0.393 e. The van der Waals surface area contributed by atoms with Gasteiger partial charge in [-0.15, -0.1) is 6.58 Å². The van der Waals surface area contributed by atoms with Crippen molar-refractivity contribution in [2.24, 2.45) is 17.3 Å². The summed E-state index contributed by atoms with van der Waals surface area (Å²) in [5, 5.41) is 10.2. The van der Waals surface area contributed by atoms with Gasteiger partial charge in [-0.1, -0.05) is 26.3 Å². The number of aliphatic hydroxyl groups is 1. The molecule has 0 aromatic carbocycles. The fourth-order valence-electron chi connectivity index (χ4n) is 3.00. The molecule has 1 N–H and O–H groups in total. The van der Waals surface area contributed by atoms with Gasteiger partial charge in [0.1, 0.15) is 0 Å². The van der Waals surface area contributed by atoms with E-state index in [9.17, 15) is 5.11 Å². The zero-order valence-corrected chi connectivity index (χ0v) is 12.1. The monoisotopic (exact) mass is 238 g/mol. The predicted molar refractivity (Wildman–Crippen MR) is 75.0 cm³/mol. The molecule has 0 aromatic heterocycles. The first-order valence-corrected chi connectivity index (χ1v) is 7.13. The Morgan fingerprint density at radius 1 is 1.24 bits per heavy atom. The highest BCUT2D eigenvalue weighted by Gasteiger charge is 2.31. The van der Waals surface area contributed by atoms with Gasteiger partial charge in [0.15, 0.2) is 0 Å². The van der Waals surface area contributed by atoms with Crippen LogP contribution in [0.25, 0.3) is 0 Å². The maximum absolute atomic E-state index is 10.2. The third kappa shape index (κ3) is 4.83. The Labute approximate surface area is 107 Å². The molecule has 1 rings (SSSR count). The van der Waals surface area contributed by atoms with Crippen molar-refractivity contribution < 1.29 is 5.11 Å². The molecule has 0 radical (unpaired) electrons. The zero-order chi connectivity index (χ0) is 13.1. The van der Waals surface area contributed by atoms with E-state index >= 15 is 0 Å². The molecule has 0 heterocycles. The summed E-state index contributed by atoms with van der Waals surface area (Å²) >= 11 is 0. The molecular weight excluding hydrogens is 208 g/mol. The molecule has 1 aliphatic carbocycles. The SMILES string of the molecule is C=C(C)CCC(O)C1CCC(C(C)(C)C)CC1. The minimum absolute atomic E-state index is 0.104. The Morgan fingerprint density at radius 2 is 1.76 bits per heavy atom. The van der Waals surface area contributed by atoms with E-state index in [1.165, 1.54) is 31.3 Å². The Bertz CT molecular complexity index is 241. The molecular formula is C16H30O. The Kier molecular flexibility index (Phi) is 5.24. The van der Waals surface area contributed by atoms with Crippen LogP contribution in [0.1, 0.15) is 66.2 Å². The van der Waals surface area contributed by atoms with Gasteiger partial charge in [0.2, 0.25) is 0 Å². The quantitative estimate of drug-likeness (QED) is 0.712. The molecule has 100 valence electrons. The van der Waals surface area contributed by atoms with Gasteiger partial charge >= 0.3 is 0 Å².